The molecule has 1 amide bonds. The summed E-state index contributed by atoms with van der Waals surface area (Å²) in [4.78, 5) is 23.2. The van der Waals surface area contributed by atoms with E-state index in [-0.39, 0.29) is 36.2 Å². The highest BCUT2D eigenvalue weighted by Crippen LogP contribution is 2.19. The van der Waals surface area contributed by atoms with Crippen LogP contribution >= 0.6 is 11.6 Å². The number of methoxy groups -OCH3 is 1. The molecule has 0 heterocycles. The van der Waals surface area contributed by atoms with Crippen LogP contribution in [0.5, 0.6) is 0 Å². The SMILES string of the molecule is COC(=O)CCN(Nc1ccc(C(C)CNS(=O)(=O)c2ccc(Cl)cc2)cc1)C(C)=O. The van der Waals surface area contributed by atoms with E-state index in [0.717, 1.165) is 5.56 Å². The molecule has 1 atom stereocenters. The first-order chi connectivity index (χ1) is 14.6. The fourth-order valence-corrected chi connectivity index (χ4v) is 3.95. The Bertz CT molecular complexity index is 995. The predicted octanol–water partition coefficient (Wildman–Crippen LogP) is 3.16. The van der Waals surface area contributed by atoms with Crippen molar-refractivity contribution in [2.75, 3.05) is 25.6 Å². The number of sulfonamides is 1. The third kappa shape index (κ3) is 7.54. The number of carbonyl (C=O) groups is 2. The number of hydrogen-bond acceptors (Lipinski definition) is 6. The third-order valence-corrected chi connectivity index (χ3v) is 6.29. The van der Waals surface area contributed by atoms with E-state index < -0.39 is 16.0 Å². The molecule has 8 nitrogen and oxygen atoms in total. The Kier molecular flexibility index (Phi) is 8.85. The van der Waals surface area contributed by atoms with Crippen LogP contribution in [0.3, 0.4) is 0 Å². The molecule has 0 bridgehead atoms. The second-order valence-electron chi connectivity index (χ2n) is 6.94. The highest BCUT2D eigenvalue weighted by atomic mass is 35.5. The lowest BCUT2D eigenvalue weighted by atomic mass is 10.0. The van der Waals surface area contributed by atoms with Crippen molar-refractivity contribution in [3.05, 3.63) is 59.1 Å². The number of hydrogen-bond donors (Lipinski definition) is 2. The fourth-order valence-electron chi connectivity index (χ4n) is 2.69. The number of anilines is 1. The molecule has 0 spiro atoms. The van der Waals surface area contributed by atoms with E-state index in [2.05, 4.69) is 14.9 Å². The summed E-state index contributed by atoms with van der Waals surface area (Å²) in [5.74, 6) is -0.726. The summed E-state index contributed by atoms with van der Waals surface area (Å²) in [6.45, 7) is 3.70. The minimum atomic E-state index is -3.63. The van der Waals surface area contributed by atoms with Gasteiger partial charge >= 0.3 is 5.97 Å². The minimum Gasteiger partial charge on any atom is -0.469 e. The Labute approximate surface area is 187 Å². The maximum absolute atomic E-state index is 12.4. The average Bonchev–Trinajstić information content (AvgIpc) is 2.75. The summed E-state index contributed by atoms with van der Waals surface area (Å²) >= 11 is 5.81. The Hall–Kier alpha value is -2.62. The molecule has 2 N–H and O–H groups in total. The van der Waals surface area contributed by atoms with Gasteiger partial charge in [-0.3, -0.25) is 20.0 Å². The highest BCUT2D eigenvalue weighted by Gasteiger charge is 2.16. The number of nitrogens with zero attached hydrogens (tertiary/aromatic N) is 1. The first kappa shape index (κ1) is 24.6. The first-order valence-corrected chi connectivity index (χ1v) is 11.4. The Morgan fingerprint density at radius 2 is 1.71 bits per heavy atom. The van der Waals surface area contributed by atoms with Crippen molar-refractivity contribution in [2.45, 2.75) is 31.1 Å². The zero-order chi connectivity index (χ0) is 23.0. The molecule has 168 valence electrons. The lowest BCUT2D eigenvalue weighted by Gasteiger charge is -2.23. The number of ether oxygens (including phenoxy) is 1. The molecule has 2 rings (SSSR count). The monoisotopic (exact) mass is 467 g/mol. The molecule has 0 fully saturated rings. The summed E-state index contributed by atoms with van der Waals surface area (Å²) in [5, 5.41) is 1.80. The number of esters is 1. The molecule has 0 aliphatic heterocycles. The molecule has 0 saturated heterocycles. The van der Waals surface area contributed by atoms with Gasteiger partial charge in [-0.2, -0.15) is 0 Å². The van der Waals surface area contributed by atoms with E-state index in [1.54, 1.807) is 12.1 Å². The first-order valence-electron chi connectivity index (χ1n) is 9.59. The molecule has 10 heteroatoms. The fraction of sp³-hybridized carbons (Fsp3) is 0.333. The van der Waals surface area contributed by atoms with Crippen molar-refractivity contribution < 1.29 is 22.7 Å². The van der Waals surface area contributed by atoms with Gasteiger partial charge < -0.3 is 4.74 Å². The van der Waals surface area contributed by atoms with Crippen LogP contribution in [0.4, 0.5) is 5.69 Å². The zero-order valence-electron chi connectivity index (χ0n) is 17.6. The third-order valence-electron chi connectivity index (χ3n) is 4.59. The molecule has 0 saturated carbocycles. The van der Waals surface area contributed by atoms with Gasteiger partial charge in [0.2, 0.25) is 15.9 Å². The number of rotatable bonds is 10. The predicted molar refractivity (Wildman–Crippen MR) is 119 cm³/mol. The number of carbonyl (C=O) groups excluding carboxylic acids is 2. The van der Waals surface area contributed by atoms with Crippen LogP contribution < -0.4 is 10.1 Å². The standard InChI is InChI=1S/C21H26ClN3O5S/c1-15(14-23-31(28,29)20-10-6-18(22)7-11-20)17-4-8-19(9-5-17)24-25(16(2)26)13-12-21(27)30-3/h4-11,15,23-24H,12-14H2,1-3H3. The van der Waals surface area contributed by atoms with Gasteiger partial charge in [-0.15, -0.1) is 0 Å². The Balaban J connectivity index is 1.96. The van der Waals surface area contributed by atoms with Crippen molar-refractivity contribution in [3.63, 3.8) is 0 Å². The van der Waals surface area contributed by atoms with Gasteiger partial charge in [-0.05, 0) is 47.9 Å². The van der Waals surface area contributed by atoms with Gasteiger partial charge in [-0.1, -0.05) is 30.7 Å². The van der Waals surface area contributed by atoms with Gasteiger partial charge in [-0.25, -0.2) is 13.1 Å². The van der Waals surface area contributed by atoms with Crippen molar-refractivity contribution >= 4 is 39.2 Å². The molecular weight excluding hydrogens is 442 g/mol. The van der Waals surface area contributed by atoms with Crippen LogP contribution in [-0.2, 0) is 24.3 Å². The quantitative estimate of drug-likeness (QED) is 0.411. The molecule has 1 unspecified atom stereocenters. The van der Waals surface area contributed by atoms with Crippen LogP contribution in [-0.4, -0.2) is 45.5 Å². The lowest BCUT2D eigenvalue weighted by molar-refractivity contribution is -0.141. The maximum atomic E-state index is 12.4. The van der Waals surface area contributed by atoms with Gasteiger partial charge in [0.1, 0.15) is 0 Å². The van der Waals surface area contributed by atoms with Crippen LogP contribution in [0.25, 0.3) is 0 Å². The highest BCUT2D eigenvalue weighted by molar-refractivity contribution is 7.89. The number of benzene rings is 2. The molecule has 0 radical (unpaired) electrons. The molecule has 0 aromatic heterocycles. The topological polar surface area (TPSA) is 105 Å². The smallest absolute Gasteiger partial charge is 0.307 e. The van der Waals surface area contributed by atoms with Gasteiger partial charge in [0.05, 0.1) is 30.7 Å². The maximum Gasteiger partial charge on any atom is 0.307 e. The van der Waals surface area contributed by atoms with E-state index in [4.69, 9.17) is 11.6 Å². The number of halogens is 1. The van der Waals surface area contributed by atoms with Crippen molar-refractivity contribution in [1.82, 2.24) is 9.73 Å². The Morgan fingerprint density at radius 1 is 1.10 bits per heavy atom. The number of nitrogens with one attached hydrogen (secondary N) is 2. The van der Waals surface area contributed by atoms with Crippen LogP contribution in [0.1, 0.15) is 31.7 Å². The van der Waals surface area contributed by atoms with Crippen molar-refractivity contribution in [2.24, 2.45) is 0 Å². The number of hydrazine groups is 1. The van der Waals surface area contributed by atoms with Crippen molar-refractivity contribution in [1.29, 1.82) is 0 Å². The van der Waals surface area contributed by atoms with E-state index in [1.807, 2.05) is 19.1 Å². The number of amides is 1. The summed E-state index contributed by atoms with van der Waals surface area (Å²) in [6, 6.07) is 13.2. The van der Waals surface area contributed by atoms with Crippen LogP contribution in [0.2, 0.25) is 5.02 Å². The van der Waals surface area contributed by atoms with Crippen LogP contribution in [0, 0.1) is 0 Å². The molecule has 2 aromatic rings. The van der Waals surface area contributed by atoms with Crippen LogP contribution in [0.15, 0.2) is 53.4 Å². The average molecular weight is 468 g/mol. The molecule has 31 heavy (non-hydrogen) atoms. The second-order valence-corrected chi connectivity index (χ2v) is 9.14. The van der Waals surface area contributed by atoms with Crippen molar-refractivity contribution in [3.8, 4) is 0 Å². The molecular formula is C21H26ClN3O5S. The zero-order valence-corrected chi connectivity index (χ0v) is 19.2. The van der Waals surface area contributed by atoms with E-state index >= 15 is 0 Å². The van der Waals surface area contributed by atoms with Gasteiger partial charge in [0.15, 0.2) is 0 Å². The minimum absolute atomic E-state index is 0.0754. The summed E-state index contributed by atoms with van der Waals surface area (Å²) in [7, 11) is -2.34. The van der Waals surface area contributed by atoms with E-state index in [0.29, 0.717) is 10.7 Å². The molecule has 0 aliphatic rings. The summed E-state index contributed by atoms with van der Waals surface area (Å²) < 4.78 is 32.0. The van der Waals surface area contributed by atoms with Gasteiger partial charge in [0, 0.05) is 18.5 Å². The summed E-state index contributed by atoms with van der Waals surface area (Å²) in [6.07, 6.45) is 0.0754. The normalized spacial score (nSPS) is 12.1. The van der Waals surface area contributed by atoms with E-state index in [9.17, 15) is 18.0 Å². The lowest BCUT2D eigenvalue weighted by Crippen LogP contribution is -2.36. The molecule has 2 aromatic carbocycles. The second kappa shape index (κ2) is 11.1. The van der Waals surface area contributed by atoms with Gasteiger partial charge in [0.25, 0.3) is 0 Å². The summed E-state index contributed by atoms with van der Waals surface area (Å²) in [5.41, 5.74) is 4.55. The molecule has 0 aliphatic carbocycles. The largest absolute Gasteiger partial charge is 0.469 e. The van der Waals surface area contributed by atoms with E-state index in [1.165, 1.54) is 43.3 Å². The Morgan fingerprint density at radius 3 is 2.26 bits per heavy atom.